The van der Waals surface area contributed by atoms with E-state index in [0.717, 1.165) is 11.8 Å². The van der Waals surface area contributed by atoms with Crippen LogP contribution < -0.4 is 15.8 Å². The summed E-state index contributed by atoms with van der Waals surface area (Å²) in [4.78, 5) is 22.1. The van der Waals surface area contributed by atoms with E-state index in [1.54, 1.807) is 24.3 Å². The maximum Gasteiger partial charge on any atom is 0.263 e. The summed E-state index contributed by atoms with van der Waals surface area (Å²) in [6.07, 6.45) is 1.88. The Kier molecular flexibility index (Phi) is 8.46. The van der Waals surface area contributed by atoms with E-state index in [1.165, 1.54) is 47.9 Å². The molecule has 0 saturated heterocycles. The number of sulfonamides is 1. The molecule has 0 aliphatic heterocycles. The third kappa shape index (κ3) is 6.18. The number of anilines is 3. The first kappa shape index (κ1) is 27.6. The first-order valence-electron chi connectivity index (χ1n) is 11.5. The van der Waals surface area contributed by atoms with E-state index in [1.807, 2.05) is 18.4 Å². The van der Waals surface area contributed by atoms with Crippen LogP contribution >= 0.6 is 23.1 Å². The molecule has 0 radical (unpaired) electrons. The molecule has 1 unspecified atom stereocenters. The first-order chi connectivity index (χ1) is 18.8. The van der Waals surface area contributed by atoms with Crippen molar-refractivity contribution >= 4 is 56.4 Å². The monoisotopic (exact) mass is 575 g/mol. The molecule has 4 N–H and O–H groups in total. The summed E-state index contributed by atoms with van der Waals surface area (Å²) in [5.74, 6) is -0.196. The Morgan fingerprint density at radius 3 is 2.44 bits per heavy atom. The van der Waals surface area contributed by atoms with Gasteiger partial charge in [0.05, 0.1) is 15.7 Å². The number of thiophene rings is 1. The molecule has 39 heavy (non-hydrogen) atoms. The van der Waals surface area contributed by atoms with Gasteiger partial charge in [-0.1, -0.05) is 30.8 Å². The predicted octanol–water partition coefficient (Wildman–Crippen LogP) is 4.84. The zero-order valence-electron chi connectivity index (χ0n) is 20.5. The van der Waals surface area contributed by atoms with Crippen LogP contribution in [0.25, 0.3) is 10.4 Å². The minimum Gasteiger partial charge on any atom is -0.383 e. The molecule has 0 bridgehead atoms. The van der Waals surface area contributed by atoms with Gasteiger partial charge in [0.1, 0.15) is 34.4 Å². The number of thioether (sulfide) groups is 1. The van der Waals surface area contributed by atoms with Crippen LogP contribution in [0.15, 0.2) is 76.1 Å². The minimum absolute atomic E-state index is 0.00425. The number of carbonyl (C=O) groups excluding carboxylic acids is 1. The van der Waals surface area contributed by atoms with Crippen molar-refractivity contribution in [3.05, 3.63) is 77.3 Å². The van der Waals surface area contributed by atoms with Gasteiger partial charge in [-0.15, -0.1) is 11.3 Å². The van der Waals surface area contributed by atoms with Gasteiger partial charge in [-0.2, -0.15) is 10.5 Å². The number of nitrogen functional groups attached to an aromatic ring is 1. The van der Waals surface area contributed by atoms with Gasteiger partial charge >= 0.3 is 0 Å². The predicted molar refractivity (Wildman–Crippen MR) is 151 cm³/mol. The van der Waals surface area contributed by atoms with Crippen LogP contribution in [0.1, 0.15) is 24.5 Å². The van der Waals surface area contributed by atoms with Crippen molar-refractivity contribution in [1.82, 2.24) is 9.97 Å². The van der Waals surface area contributed by atoms with Crippen LogP contribution in [0, 0.1) is 22.7 Å². The average molecular weight is 576 g/mol. The number of pyridine rings is 2. The summed E-state index contributed by atoms with van der Waals surface area (Å²) < 4.78 is 27.7. The summed E-state index contributed by atoms with van der Waals surface area (Å²) in [5.41, 5.74) is 7.15. The third-order valence-electron chi connectivity index (χ3n) is 5.44. The Bertz CT molecular complexity index is 1680. The fourth-order valence-corrected chi connectivity index (χ4v) is 6.38. The van der Waals surface area contributed by atoms with Crippen molar-refractivity contribution in [2.24, 2.45) is 0 Å². The number of nitrogens with zero attached hydrogens (tertiary/aromatic N) is 4. The van der Waals surface area contributed by atoms with E-state index in [0.29, 0.717) is 22.5 Å². The van der Waals surface area contributed by atoms with E-state index >= 15 is 0 Å². The van der Waals surface area contributed by atoms with Gasteiger partial charge in [0.15, 0.2) is 0 Å². The highest BCUT2D eigenvalue weighted by atomic mass is 32.2. The summed E-state index contributed by atoms with van der Waals surface area (Å²) in [5, 5.41) is 23.8. The molecule has 1 amide bonds. The quantitative estimate of drug-likeness (QED) is 0.236. The lowest BCUT2D eigenvalue weighted by Gasteiger charge is -2.17. The van der Waals surface area contributed by atoms with Crippen molar-refractivity contribution in [2.45, 2.75) is 28.5 Å². The van der Waals surface area contributed by atoms with Crippen LogP contribution in [-0.4, -0.2) is 29.5 Å². The molecule has 1 aromatic carbocycles. The smallest absolute Gasteiger partial charge is 0.263 e. The highest BCUT2D eigenvalue weighted by Gasteiger charge is 2.26. The molecule has 0 spiro atoms. The number of nitrogens with two attached hydrogens (primary N) is 1. The fraction of sp³-hybridized carbons (Fsp3) is 0.115. The van der Waals surface area contributed by atoms with Crippen LogP contribution in [0.3, 0.4) is 0 Å². The van der Waals surface area contributed by atoms with Gasteiger partial charge in [-0.3, -0.25) is 9.52 Å². The van der Waals surface area contributed by atoms with E-state index in [2.05, 4.69) is 26.1 Å². The molecule has 0 aliphatic carbocycles. The lowest BCUT2D eigenvalue weighted by atomic mass is 10.0. The topological polar surface area (TPSA) is 175 Å². The minimum atomic E-state index is -3.86. The van der Waals surface area contributed by atoms with E-state index in [4.69, 9.17) is 5.73 Å². The van der Waals surface area contributed by atoms with E-state index < -0.39 is 15.3 Å². The molecule has 3 aromatic heterocycles. The van der Waals surface area contributed by atoms with Crippen molar-refractivity contribution in [2.75, 3.05) is 15.8 Å². The van der Waals surface area contributed by atoms with E-state index in [-0.39, 0.29) is 38.6 Å². The second-order valence-corrected chi connectivity index (χ2v) is 11.8. The summed E-state index contributed by atoms with van der Waals surface area (Å²) in [7, 11) is -3.86. The zero-order valence-corrected chi connectivity index (χ0v) is 22.9. The van der Waals surface area contributed by atoms with Gasteiger partial charge in [0.25, 0.3) is 10.0 Å². The molecule has 0 aliphatic rings. The van der Waals surface area contributed by atoms with E-state index in [9.17, 15) is 23.7 Å². The zero-order chi connectivity index (χ0) is 28.0. The Labute approximate surface area is 233 Å². The lowest BCUT2D eigenvalue weighted by molar-refractivity contribution is -0.115. The molecule has 10 nitrogen and oxygen atoms in total. The van der Waals surface area contributed by atoms with Gasteiger partial charge in [0.2, 0.25) is 5.91 Å². The maximum absolute atomic E-state index is 13.1. The Hall–Kier alpha value is -4.43. The van der Waals surface area contributed by atoms with Gasteiger partial charge < -0.3 is 11.1 Å². The lowest BCUT2D eigenvalue weighted by Crippen LogP contribution is -2.25. The van der Waals surface area contributed by atoms with Gasteiger partial charge in [0, 0.05) is 22.3 Å². The number of hydrogen-bond acceptors (Lipinski definition) is 10. The number of aromatic nitrogens is 2. The van der Waals surface area contributed by atoms with Crippen molar-refractivity contribution in [3.63, 3.8) is 0 Å². The molecule has 4 rings (SSSR count). The molecule has 3 heterocycles. The first-order valence-corrected chi connectivity index (χ1v) is 14.7. The number of rotatable bonds is 9. The molecule has 4 aromatic rings. The maximum atomic E-state index is 13.1. The molecule has 13 heteroatoms. The number of hydrogen-bond donors (Lipinski definition) is 3. The normalized spacial score (nSPS) is 11.7. The van der Waals surface area contributed by atoms with Gasteiger partial charge in [-0.05, 0) is 54.3 Å². The van der Waals surface area contributed by atoms with Crippen molar-refractivity contribution in [3.8, 4) is 22.6 Å². The highest BCUT2D eigenvalue weighted by molar-refractivity contribution is 8.00. The number of amides is 1. The van der Waals surface area contributed by atoms with Crippen molar-refractivity contribution < 1.29 is 13.2 Å². The summed E-state index contributed by atoms with van der Waals surface area (Å²) >= 11 is 2.44. The summed E-state index contributed by atoms with van der Waals surface area (Å²) in [6.45, 7) is 1.81. The van der Waals surface area contributed by atoms with Crippen LogP contribution in [-0.2, 0) is 14.8 Å². The van der Waals surface area contributed by atoms with Crippen LogP contribution in [0.5, 0.6) is 0 Å². The second kappa shape index (κ2) is 12.0. The molecule has 0 saturated carbocycles. The summed E-state index contributed by atoms with van der Waals surface area (Å²) in [6, 6.07) is 18.3. The molecule has 1 atom stereocenters. The van der Waals surface area contributed by atoms with Crippen LogP contribution in [0.2, 0.25) is 0 Å². The second-order valence-electron chi connectivity index (χ2n) is 7.98. The molecular formula is C26H21N7O3S3. The largest absolute Gasteiger partial charge is 0.383 e. The average Bonchev–Trinajstić information content (AvgIpc) is 3.46. The Balaban J connectivity index is 1.54. The molecule has 196 valence electrons. The standard InChI is InChI=1S/C26H21N7O3S3/c1-2-20(38-26-19(15-28)23(21-6-5-13-37-21)18(14-27)24(29)32-26)25(34)31-16-8-10-17(11-9-16)39(35,36)33-22-7-3-4-12-30-22/h3-13,20H,2H2,1H3,(H2,29,32)(H,30,33)(H,31,34). The third-order valence-corrected chi connectivity index (χ3v) is 9.04. The molecule has 0 fully saturated rings. The number of carbonyl (C=O) groups is 1. The van der Waals surface area contributed by atoms with Gasteiger partial charge in [-0.25, -0.2) is 18.4 Å². The Morgan fingerprint density at radius 2 is 1.85 bits per heavy atom. The number of nitrogens with one attached hydrogen (secondary N) is 2. The highest BCUT2D eigenvalue weighted by Crippen LogP contribution is 2.39. The number of nitriles is 2. The molecular weight excluding hydrogens is 555 g/mol. The SMILES string of the molecule is CCC(Sc1nc(N)c(C#N)c(-c2cccs2)c1C#N)C(=O)Nc1ccc(S(=O)(=O)Nc2ccccn2)cc1. The number of benzene rings is 1. The fourth-order valence-electron chi connectivity index (χ4n) is 3.57. The Morgan fingerprint density at radius 1 is 1.10 bits per heavy atom. The van der Waals surface area contributed by atoms with Crippen molar-refractivity contribution in [1.29, 1.82) is 10.5 Å². The van der Waals surface area contributed by atoms with Crippen LogP contribution in [0.4, 0.5) is 17.3 Å².